The Labute approximate surface area is 90.6 Å². The molecule has 2 N–H and O–H groups in total. The second-order valence-electron chi connectivity index (χ2n) is 3.95. The lowest BCUT2D eigenvalue weighted by atomic mass is 10.2. The second kappa shape index (κ2) is 9.00. The monoisotopic (exact) mass is 224 g/mol. The summed E-state index contributed by atoms with van der Waals surface area (Å²) in [5, 5.41) is 0. The summed E-state index contributed by atoms with van der Waals surface area (Å²) in [5.74, 6) is 0.475. The first-order valence-electron chi connectivity index (χ1n) is 5.34. The van der Waals surface area contributed by atoms with Gasteiger partial charge >= 0.3 is 0 Å². The molecule has 0 aromatic rings. The van der Waals surface area contributed by atoms with Crippen molar-refractivity contribution in [2.75, 3.05) is 39.4 Å². The zero-order chi connectivity index (χ0) is 11.7. The molecule has 0 atom stereocenters. The van der Waals surface area contributed by atoms with Crippen LogP contribution in [0.4, 0.5) is 8.78 Å². The molecule has 0 saturated heterocycles. The molecule has 0 fully saturated rings. The zero-order valence-corrected chi connectivity index (χ0v) is 9.59. The number of halogens is 2. The molecule has 0 saturated carbocycles. The molecule has 5 heteroatoms. The number of hydrogen-bond donors (Lipinski definition) is 1. The van der Waals surface area contributed by atoms with Crippen molar-refractivity contribution < 1.29 is 13.5 Å². The largest absolute Gasteiger partial charge is 0.380 e. The van der Waals surface area contributed by atoms with Gasteiger partial charge in [0, 0.05) is 26.2 Å². The van der Waals surface area contributed by atoms with Crippen LogP contribution < -0.4 is 5.73 Å². The molecule has 0 bridgehead atoms. The van der Waals surface area contributed by atoms with Crippen LogP contribution in [-0.4, -0.2) is 50.7 Å². The normalized spacial score (nSPS) is 12.0. The van der Waals surface area contributed by atoms with Crippen molar-refractivity contribution in [2.45, 2.75) is 20.3 Å². The molecule has 92 valence electrons. The van der Waals surface area contributed by atoms with Gasteiger partial charge in [0.15, 0.2) is 0 Å². The van der Waals surface area contributed by atoms with Gasteiger partial charge in [0.1, 0.15) is 0 Å². The minimum atomic E-state index is -2.30. The van der Waals surface area contributed by atoms with E-state index < -0.39 is 6.43 Å². The molecule has 0 heterocycles. The maximum absolute atomic E-state index is 12.1. The van der Waals surface area contributed by atoms with E-state index >= 15 is 0 Å². The fraction of sp³-hybridized carbons (Fsp3) is 1.00. The molecular formula is C10H22F2N2O. The Morgan fingerprint density at radius 1 is 1.27 bits per heavy atom. The lowest BCUT2D eigenvalue weighted by molar-refractivity contribution is 0.0534. The van der Waals surface area contributed by atoms with Crippen LogP contribution in [0.3, 0.4) is 0 Å². The molecule has 0 aromatic carbocycles. The minimum Gasteiger partial charge on any atom is -0.380 e. The highest BCUT2D eigenvalue weighted by atomic mass is 19.3. The van der Waals surface area contributed by atoms with Crippen LogP contribution in [0.1, 0.15) is 13.8 Å². The Morgan fingerprint density at radius 2 is 1.93 bits per heavy atom. The predicted octanol–water partition coefficient (Wildman–Crippen LogP) is 1.18. The van der Waals surface area contributed by atoms with Crippen molar-refractivity contribution in [3.05, 3.63) is 0 Å². The molecule has 0 spiro atoms. The van der Waals surface area contributed by atoms with Crippen LogP contribution in [-0.2, 0) is 4.74 Å². The highest BCUT2D eigenvalue weighted by Crippen LogP contribution is 1.98. The third-order valence-electron chi connectivity index (χ3n) is 1.84. The van der Waals surface area contributed by atoms with Crippen molar-refractivity contribution >= 4 is 0 Å². The van der Waals surface area contributed by atoms with Gasteiger partial charge in [-0.15, -0.1) is 0 Å². The predicted molar refractivity (Wildman–Crippen MR) is 57.2 cm³/mol. The number of hydrogen-bond acceptors (Lipinski definition) is 3. The zero-order valence-electron chi connectivity index (χ0n) is 9.59. The summed E-state index contributed by atoms with van der Waals surface area (Å²) in [5.41, 5.74) is 5.33. The fourth-order valence-electron chi connectivity index (χ4n) is 1.18. The first-order chi connectivity index (χ1) is 7.06. The number of rotatable bonds is 9. The summed E-state index contributed by atoms with van der Waals surface area (Å²) in [6.07, 6.45) is -2.30. The highest BCUT2D eigenvalue weighted by Gasteiger charge is 2.10. The van der Waals surface area contributed by atoms with E-state index in [9.17, 15) is 8.78 Å². The van der Waals surface area contributed by atoms with E-state index in [4.69, 9.17) is 10.5 Å². The molecule has 0 aliphatic rings. The van der Waals surface area contributed by atoms with Crippen LogP contribution in [0.25, 0.3) is 0 Å². The maximum Gasteiger partial charge on any atom is 0.251 e. The number of ether oxygens (including phenoxy) is 1. The smallest absolute Gasteiger partial charge is 0.251 e. The highest BCUT2D eigenvalue weighted by molar-refractivity contribution is 4.59. The van der Waals surface area contributed by atoms with E-state index in [0.717, 1.165) is 0 Å². The van der Waals surface area contributed by atoms with Crippen LogP contribution in [0, 0.1) is 5.92 Å². The average molecular weight is 224 g/mol. The van der Waals surface area contributed by atoms with Gasteiger partial charge in [0.2, 0.25) is 0 Å². The molecule has 0 aromatic heterocycles. The van der Waals surface area contributed by atoms with E-state index in [2.05, 4.69) is 13.8 Å². The maximum atomic E-state index is 12.1. The second-order valence-corrected chi connectivity index (χ2v) is 3.95. The van der Waals surface area contributed by atoms with Crippen molar-refractivity contribution in [1.29, 1.82) is 0 Å². The Hall–Kier alpha value is -0.260. The van der Waals surface area contributed by atoms with Crippen molar-refractivity contribution in [3.63, 3.8) is 0 Å². The quantitative estimate of drug-likeness (QED) is 0.598. The number of nitrogens with zero attached hydrogens (tertiary/aromatic N) is 1. The molecule has 0 amide bonds. The first-order valence-corrected chi connectivity index (χ1v) is 5.34. The van der Waals surface area contributed by atoms with Gasteiger partial charge in [-0.25, -0.2) is 8.78 Å². The topological polar surface area (TPSA) is 38.5 Å². The minimum absolute atomic E-state index is 0.220. The van der Waals surface area contributed by atoms with Crippen LogP contribution in [0.2, 0.25) is 0 Å². The van der Waals surface area contributed by atoms with Crippen LogP contribution in [0.5, 0.6) is 0 Å². The van der Waals surface area contributed by atoms with Crippen molar-refractivity contribution in [3.8, 4) is 0 Å². The first kappa shape index (κ1) is 14.7. The molecule has 3 nitrogen and oxygen atoms in total. The molecule has 0 aliphatic heterocycles. The van der Waals surface area contributed by atoms with Gasteiger partial charge < -0.3 is 10.5 Å². The van der Waals surface area contributed by atoms with Gasteiger partial charge in [0.05, 0.1) is 13.2 Å². The van der Waals surface area contributed by atoms with Gasteiger partial charge in [-0.05, 0) is 5.92 Å². The summed E-state index contributed by atoms with van der Waals surface area (Å²) >= 11 is 0. The number of alkyl halides is 2. The SMILES string of the molecule is CC(C)COCCN(CCN)CC(F)F. The van der Waals surface area contributed by atoms with Crippen molar-refractivity contribution in [2.24, 2.45) is 11.7 Å². The Bertz CT molecular complexity index is 145. The van der Waals surface area contributed by atoms with Crippen molar-refractivity contribution in [1.82, 2.24) is 4.90 Å². The molecule has 0 aliphatic carbocycles. The Morgan fingerprint density at radius 3 is 2.40 bits per heavy atom. The lowest BCUT2D eigenvalue weighted by Gasteiger charge is -2.21. The standard InChI is InChI=1S/C10H22F2N2O/c1-9(2)8-15-6-5-14(4-3-13)7-10(11)12/h9-10H,3-8,13H2,1-2H3. The van der Waals surface area contributed by atoms with E-state index in [1.807, 2.05) is 0 Å². The third kappa shape index (κ3) is 10.0. The molecule has 0 rings (SSSR count). The van der Waals surface area contributed by atoms with Gasteiger partial charge in [-0.3, -0.25) is 4.90 Å². The van der Waals surface area contributed by atoms with E-state index in [-0.39, 0.29) is 6.54 Å². The van der Waals surface area contributed by atoms with Gasteiger partial charge in [-0.2, -0.15) is 0 Å². The summed E-state index contributed by atoms with van der Waals surface area (Å²) in [6, 6.07) is 0. The summed E-state index contributed by atoms with van der Waals surface area (Å²) in [4.78, 5) is 1.63. The summed E-state index contributed by atoms with van der Waals surface area (Å²) < 4.78 is 29.6. The molecular weight excluding hydrogens is 202 g/mol. The molecule has 0 unspecified atom stereocenters. The average Bonchev–Trinajstić information content (AvgIpc) is 2.11. The van der Waals surface area contributed by atoms with Gasteiger partial charge in [-0.1, -0.05) is 13.8 Å². The Balaban J connectivity index is 3.56. The van der Waals surface area contributed by atoms with Crippen LogP contribution >= 0.6 is 0 Å². The Kier molecular flexibility index (Phi) is 8.85. The van der Waals surface area contributed by atoms with Crippen LogP contribution in [0.15, 0.2) is 0 Å². The third-order valence-corrected chi connectivity index (χ3v) is 1.84. The molecule has 15 heavy (non-hydrogen) atoms. The summed E-state index contributed by atoms with van der Waals surface area (Å²) in [7, 11) is 0. The van der Waals surface area contributed by atoms with E-state index in [1.54, 1.807) is 4.90 Å². The molecule has 0 radical (unpaired) electrons. The fourth-order valence-corrected chi connectivity index (χ4v) is 1.18. The van der Waals surface area contributed by atoms with Gasteiger partial charge in [0.25, 0.3) is 6.43 Å². The van der Waals surface area contributed by atoms with E-state index in [1.165, 1.54) is 0 Å². The lowest BCUT2D eigenvalue weighted by Crippen LogP contribution is -2.36. The summed E-state index contributed by atoms with van der Waals surface area (Å²) in [6.45, 7) is 6.46. The number of nitrogens with two attached hydrogens (primary N) is 1. The van der Waals surface area contributed by atoms with E-state index in [0.29, 0.717) is 38.8 Å².